The summed E-state index contributed by atoms with van der Waals surface area (Å²) < 4.78 is 5.84. The van der Waals surface area contributed by atoms with Gasteiger partial charge in [-0.2, -0.15) is 0 Å². The summed E-state index contributed by atoms with van der Waals surface area (Å²) in [7, 11) is 1.29. The Kier molecular flexibility index (Phi) is 4.98. The summed E-state index contributed by atoms with van der Waals surface area (Å²) in [5.74, 6) is 0.0657. The third kappa shape index (κ3) is 3.50. The van der Waals surface area contributed by atoms with Crippen molar-refractivity contribution in [3.05, 3.63) is 46.0 Å². The zero-order chi connectivity index (χ0) is 17.1. The second-order valence-corrected chi connectivity index (χ2v) is 6.11. The number of carbonyl (C=O) groups is 1. The van der Waals surface area contributed by atoms with Crippen LogP contribution in [0.25, 0.3) is 17.1 Å². The van der Waals surface area contributed by atoms with Gasteiger partial charge in [0.1, 0.15) is 6.33 Å². The van der Waals surface area contributed by atoms with Gasteiger partial charge in [0.05, 0.1) is 18.0 Å². The van der Waals surface area contributed by atoms with Crippen molar-refractivity contribution >= 4 is 23.1 Å². The van der Waals surface area contributed by atoms with Gasteiger partial charge >= 0.3 is 5.97 Å². The molecule has 0 unspecified atom stereocenters. The zero-order valence-electron chi connectivity index (χ0n) is 14.2. The maximum atomic E-state index is 12.7. The molecule has 2 aromatic rings. The Bertz CT molecular complexity index is 817. The van der Waals surface area contributed by atoms with Crippen LogP contribution < -0.4 is 5.56 Å². The van der Waals surface area contributed by atoms with Crippen LogP contribution in [0, 0.1) is 0 Å². The van der Waals surface area contributed by atoms with Gasteiger partial charge < -0.3 is 4.74 Å². The van der Waals surface area contributed by atoms with Crippen LogP contribution in [-0.2, 0) is 9.53 Å². The van der Waals surface area contributed by atoms with E-state index in [4.69, 9.17) is 0 Å². The van der Waals surface area contributed by atoms with E-state index in [2.05, 4.69) is 43.5 Å². The molecule has 5 heteroatoms. The number of esters is 1. The fraction of sp³-hybridized carbons (Fsp3) is 0.389. The molecule has 1 heterocycles. The molecule has 0 saturated carbocycles. The quantitative estimate of drug-likeness (QED) is 0.642. The lowest BCUT2D eigenvalue weighted by atomic mass is 9.93. The Morgan fingerprint density at radius 3 is 2.48 bits per heavy atom. The molecule has 0 aliphatic rings. The van der Waals surface area contributed by atoms with Gasteiger partial charge in [-0.15, -0.1) is 0 Å². The van der Waals surface area contributed by atoms with Crippen molar-refractivity contribution in [2.45, 2.75) is 39.5 Å². The minimum atomic E-state index is -0.518. The van der Waals surface area contributed by atoms with Gasteiger partial charge in [0.2, 0.25) is 0 Å². The SMILES string of the molecule is COC(=O)/C=C/n1cnc2c(C(C)C)cc(C(C)C)cc2c1=O. The third-order valence-electron chi connectivity index (χ3n) is 3.80. The maximum absolute atomic E-state index is 12.7. The average molecular weight is 314 g/mol. The zero-order valence-corrected chi connectivity index (χ0v) is 14.2. The Labute approximate surface area is 135 Å². The van der Waals surface area contributed by atoms with Crippen molar-refractivity contribution in [1.82, 2.24) is 9.55 Å². The summed E-state index contributed by atoms with van der Waals surface area (Å²) in [6.45, 7) is 8.36. The number of aromatic nitrogens is 2. The summed E-state index contributed by atoms with van der Waals surface area (Å²) in [6.07, 6.45) is 4.01. The Morgan fingerprint density at radius 1 is 1.22 bits per heavy atom. The van der Waals surface area contributed by atoms with Crippen LogP contribution in [0.3, 0.4) is 0 Å². The van der Waals surface area contributed by atoms with Crippen LogP contribution in [0.2, 0.25) is 0 Å². The monoisotopic (exact) mass is 314 g/mol. The maximum Gasteiger partial charge on any atom is 0.331 e. The van der Waals surface area contributed by atoms with Crippen LogP contribution >= 0.6 is 0 Å². The number of carbonyl (C=O) groups excluding carboxylic acids is 1. The largest absolute Gasteiger partial charge is 0.466 e. The number of hydrogen-bond donors (Lipinski definition) is 0. The van der Waals surface area contributed by atoms with E-state index in [1.807, 2.05) is 6.07 Å². The van der Waals surface area contributed by atoms with Crippen LogP contribution in [0.15, 0.2) is 29.3 Å². The fourth-order valence-electron chi connectivity index (χ4n) is 2.39. The van der Waals surface area contributed by atoms with E-state index in [-0.39, 0.29) is 11.5 Å². The molecule has 0 amide bonds. The molecule has 122 valence electrons. The van der Waals surface area contributed by atoms with E-state index >= 15 is 0 Å². The van der Waals surface area contributed by atoms with Crippen LogP contribution in [0.4, 0.5) is 0 Å². The molecule has 1 aromatic carbocycles. The summed E-state index contributed by atoms with van der Waals surface area (Å²) in [6, 6.07) is 4.02. The normalized spacial score (nSPS) is 11.8. The van der Waals surface area contributed by atoms with Gasteiger partial charge in [-0.1, -0.05) is 33.8 Å². The predicted molar refractivity (Wildman–Crippen MR) is 91.5 cm³/mol. The van der Waals surface area contributed by atoms with Gasteiger partial charge in [0, 0.05) is 12.3 Å². The molecular formula is C18H22N2O3. The summed E-state index contributed by atoms with van der Waals surface area (Å²) in [5, 5.41) is 0.567. The van der Waals surface area contributed by atoms with Crippen LogP contribution in [0.5, 0.6) is 0 Å². The van der Waals surface area contributed by atoms with Gasteiger partial charge in [-0.3, -0.25) is 9.36 Å². The van der Waals surface area contributed by atoms with Crippen molar-refractivity contribution in [1.29, 1.82) is 0 Å². The molecule has 0 aliphatic heterocycles. The predicted octanol–water partition coefficient (Wildman–Crippen LogP) is 3.29. The number of benzene rings is 1. The van der Waals surface area contributed by atoms with Crippen molar-refractivity contribution in [2.75, 3.05) is 7.11 Å². The topological polar surface area (TPSA) is 61.2 Å². The number of hydrogen-bond acceptors (Lipinski definition) is 4. The van der Waals surface area contributed by atoms with Crippen molar-refractivity contribution in [2.24, 2.45) is 0 Å². The van der Waals surface area contributed by atoms with E-state index in [1.54, 1.807) is 0 Å². The van der Waals surface area contributed by atoms with Crippen LogP contribution in [-0.4, -0.2) is 22.6 Å². The van der Waals surface area contributed by atoms with E-state index in [1.165, 1.54) is 30.3 Å². The molecule has 0 atom stereocenters. The summed E-state index contributed by atoms with van der Waals surface area (Å²) in [4.78, 5) is 28.3. The molecule has 1 aromatic heterocycles. The first kappa shape index (κ1) is 16.9. The van der Waals surface area contributed by atoms with Gasteiger partial charge in [-0.05, 0) is 29.0 Å². The van der Waals surface area contributed by atoms with E-state index < -0.39 is 5.97 Å². The van der Waals surface area contributed by atoms with Crippen LogP contribution in [0.1, 0.15) is 50.7 Å². The highest BCUT2D eigenvalue weighted by Crippen LogP contribution is 2.27. The molecule has 0 spiro atoms. The molecule has 0 N–H and O–H groups in total. The van der Waals surface area contributed by atoms with Gasteiger partial charge in [0.25, 0.3) is 5.56 Å². The van der Waals surface area contributed by atoms with Crippen molar-refractivity contribution < 1.29 is 9.53 Å². The molecule has 23 heavy (non-hydrogen) atoms. The second-order valence-electron chi connectivity index (χ2n) is 6.11. The molecule has 0 bridgehead atoms. The lowest BCUT2D eigenvalue weighted by Gasteiger charge is -2.14. The highest BCUT2D eigenvalue weighted by Gasteiger charge is 2.13. The van der Waals surface area contributed by atoms with Gasteiger partial charge in [-0.25, -0.2) is 9.78 Å². The number of methoxy groups -OCH3 is 1. The highest BCUT2D eigenvalue weighted by molar-refractivity contribution is 5.86. The second kappa shape index (κ2) is 6.77. The fourth-order valence-corrected chi connectivity index (χ4v) is 2.39. The van der Waals surface area contributed by atoms with Gasteiger partial charge in [0.15, 0.2) is 0 Å². The first-order chi connectivity index (χ1) is 10.8. The highest BCUT2D eigenvalue weighted by atomic mass is 16.5. The molecule has 0 radical (unpaired) electrons. The summed E-state index contributed by atoms with van der Waals surface area (Å²) in [5.41, 5.74) is 2.69. The summed E-state index contributed by atoms with van der Waals surface area (Å²) >= 11 is 0. The van der Waals surface area contributed by atoms with Crippen molar-refractivity contribution in [3.8, 4) is 0 Å². The standard InChI is InChI=1S/C18H22N2O3/c1-11(2)13-8-14(12(3)4)17-15(9-13)18(22)20(10-19-17)7-6-16(21)23-5/h6-12H,1-5H3/b7-6+. The third-order valence-corrected chi connectivity index (χ3v) is 3.80. The molecular weight excluding hydrogens is 292 g/mol. The number of ether oxygens (including phenoxy) is 1. The lowest BCUT2D eigenvalue weighted by molar-refractivity contribution is -0.134. The Hall–Kier alpha value is -2.43. The average Bonchev–Trinajstić information content (AvgIpc) is 2.52. The first-order valence-corrected chi connectivity index (χ1v) is 7.66. The number of fused-ring (bicyclic) bond motifs is 1. The lowest BCUT2D eigenvalue weighted by Crippen LogP contribution is -2.17. The van der Waals surface area contributed by atoms with E-state index in [0.29, 0.717) is 11.3 Å². The molecule has 0 fully saturated rings. The molecule has 5 nitrogen and oxygen atoms in total. The smallest absolute Gasteiger partial charge is 0.331 e. The number of rotatable bonds is 4. The molecule has 0 saturated heterocycles. The van der Waals surface area contributed by atoms with E-state index in [0.717, 1.165) is 16.6 Å². The Morgan fingerprint density at radius 2 is 1.91 bits per heavy atom. The molecule has 0 aliphatic carbocycles. The van der Waals surface area contributed by atoms with E-state index in [9.17, 15) is 9.59 Å². The Balaban J connectivity index is 2.70. The van der Waals surface area contributed by atoms with Crippen molar-refractivity contribution in [3.63, 3.8) is 0 Å². The molecule has 2 rings (SSSR count). The first-order valence-electron chi connectivity index (χ1n) is 7.66. The minimum Gasteiger partial charge on any atom is -0.466 e. The number of nitrogens with zero attached hydrogens (tertiary/aromatic N) is 2. The minimum absolute atomic E-state index is 0.195.